The van der Waals surface area contributed by atoms with E-state index in [1.54, 1.807) is 7.11 Å². The molecular weight excluding hydrogens is 378 g/mol. The predicted octanol–water partition coefficient (Wildman–Crippen LogP) is 3.78. The number of hydrogen-bond acceptors (Lipinski definition) is 5. The summed E-state index contributed by atoms with van der Waals surface area (Å²) >= 11 is 4.92. The summed E-state index contributed by atoms with van der Waals surface area (Å²) in [5.41, 5.74) is 6.95. The molecule has 2 aromatic heterocycles. The monoisotopic (exact) mass is 391 g/mol. The maximum Gasteiger partial charge on any atom is 0.251 e. The molecule has 0 saturated heterocycles. The number of carbonyl (C=O) groups is 1. The molecule has 0 aliphatic rings. The summed E-state index contributed by atoms with van der Waals surface area (Å²) in [5.74, 6) is 1.07. The Morgan fingerprint density at radius 2 is 2.13 bits per heavy atom. The molecule has 3 rings (SSSR count). The molecule has 0 spiro atoms. The Bertz CT molecular complexity index is 862. The summed E-state index contributed by atoms with van der Waals surface area (Å²) < 4.78 is 6.90. The standard InChI is InChI=1S/C16H14BrN3O2S/c1-22-10-4-2-9(3-5-10)7-19-16-11-6-13(17)23-14(11)12(8-20-16)15(18)21/h2-6,8H,7H2,1H3,(H2,18,21)(H,19,20). The van der Waals surface area contributed by atoms with Crippen LogP contribution in [0.5, 0.6) is 5.75 Å². The number of hydrogen-bond donors (Lipinski definition) is 2. The van der Waals surface area contributed by atoms with Gasteiger partial charge < -0.3 is 15.8 Å². The molecule has 3 N–H and O–H groups in total. The van der Waals surface area contributed by atoms with E-state index >= 15 is 0 Å². The van der Waals surface area contributed by atoms with Crippen LogP contribution in [0.4, 0.5) is 5.82 Å². The number of carbonyl (C=O) groups excluding carboxylic acids is 1. The number of pyridine rings is 1. The molecular formula is C16H14BrN3O2S. The molecule has 3 aromatic rings. The van der Waals surface area contributed by atoms with Gasteiger partial charge in [-0.25, -0.2) is 4.98 Å². The molecule has 1 aromatic carbocycles. The molecule has 7 heteroatoms. The largest absolute Gasteiger partial charge is 0.497 e. The van der Waals surface area contributed by atoms with Crippen molar-refractivity contribution in [3.8, 4) is 5.75 Å². The molecule has 23 heavy (non-hydrogen) atoms. The Kier molecular flexibility index (Phi) is 4.49. The first kappa shape index (κ1) is 15.8. The fraction of sp³-hybridized carbons (Fsp3) is 0.125. The Balaban J connectivity index is 1.88. The molecule has 0 fully saturated rings. The molecule has 0 unspecified atom stereocenters. The lowest BCUT2D eigenvalue weighted by atomic mass is 10.2. The van der Waals surface area contributed by atoms with Crippen LogP contribution in [0, 0.1) is 0 Å². The third-order valence-corrected chi connectivity index (χ3v) is 5.08. The van der Waals surface area contributed by atoms with Gasteiger partial charge in [-0.3, -0.25) is 4.79 Å². The summed E-state index contributed by atoms with van der Waals surface area (Å²) in [6, 6.07) is 9.75. The lowest BCUT2D eigenvalue weighted by Gasteiger charge is -2.09. The van der Waals surface area contributed by atoms with E-state index in [0.717, 1.165) is 31.0 Å². The van der Waals surface area contributed by atoms with Gasteiger partial charge in [-0.2, -0.15) is 0 Å². The number of halogens is 1. The number of thiophene rings is 1. The van der Waals surface area contributed by atoms with E-state index in [4.69, 9.17) is 10.5 Å². The third-order valence-electron chi connectivity index (χ3n) is 3.41. The molecule has 0 aliphatic carbocycles. The summed E-state index contributed by atoms with van der Waals surface area (Å²) in [7, 11) is 1.64. The van der Waals surface area contributed by atoms with E-state index in [9.17, 15) is 4.79 Å². The number of nitrogens with two attached hydrogens (primary N) is 1. The van der Waals surface area contributed by atoms with E-state index in [1.807, 2.05) is 30.3 Å². The average Bonchev–Trinajstić information content (AvgIpc) is 2.94. The molecule has 1 amide bonds. The second-order valence-corrected chi connectivity index (χ2v) is 7.31. The van der Waals surface area contributed by atoms with E-state index in [0.29, 0.717) is 12.1 Å². The maximum absolute atomic E-state index is 11.5. The lowest BCUT2D eigenvalue weighted by Crippen LogP contribution is -2.12. The Morgan fingerprint density at radius 1 is 1.39 bits per heavy atom. The van der Waals surface area contributed by atoms with E-state index in [1.165, 1.54) is 17.5 Å². The van der Waals surface area contributed by atoms with E-state index in [-0.39, 0.29) is 0 Å². The highest BCUT2D eigenvalue weighted by atomic mass is 79.9. The van der Waals surface area contributed by atoms with Crippen molar-refractivity contribution in [2.75, 3.05) is 12.4 Å². The van der Waals surface area contributed by atoms with Crippen molar-refractivity contribution in [2.24, 2.45) is 5.73 Å². The van der Waals surface area contributed by atoms with Crippen LogP contribution >= 0.6 is 27.3 Å². The van der Waals surface area contributed by atoms with Gasteiger partial charge in [0.25, 0.3) is 5.91 Å². The summed E-state index contributed by atoms with van der Waals surface area (Å²) in [4.78, 5) is 15.9. The smallest absolute Gasteiger partial charge is 0.251 e. The molecule has 0 aliphatic heterocycles. The number of nitrogens with one attached hydrogen (secondary N) is 1. The van der Waals surface area contributed by atoms with Gasteiger partial charge in [0, 0.05) is 18.1 Å². The van der Waals surface area contributed by atoms with Crippen LogP contribution in [0.15, 0.2) is 40.3 Å². The van der Waals surface area contributed by atoms with Gasteiger partial charge >= 0.3 is 0 Å². The summed E-state index contributed by atoms with van der Waals surface area (Å²) in [6.07, 6.45) is 1.52. The van der Waals surface area contributed by atoms with Gasteiger partial charge in [-0.15, -0.1) is 11.3 Å². The molecule has 2 heterocycles. The predicted molar refractivity (Wildman–Crippen MR) is 96.2 cm³/mol. The second-order valence-electron chi connectivity index (χ2n) is 4.88. The van der Waals surface area contributed by atoms with Crippen molar-refractivity contribution in [3.63, 3.8) is 0 Å². The van der Waals surface area contributed by atoms with Gasteiger partial charge in [0.15, 0.2) is 0 Å². The minimum Gasteiger partial charge on any atom is -0.497 e. The zero-order valence-electron chi connectivity index (χ0n) is 12.3. The fourth-order valence-electron chi connectivity index (χ4n) is 2.24. The minimum atomic E-state index is -0.474. The summed E-state index contributed by atoms with van der Waals surface area (Å²) in [6.45, 7) is 0.621. The van der Waals surface area contributed by atoms with Gasteiger partial charge in [0.2, 0.25) is 0 Å². The van der Waals surface area contributed by atoms with Crippen molar-refractivity contribution in [3.05, 3.63) is 51.4 Å². The molecule has 0 saturated carbocycles. The van der Waals surface area contributed by atoms with Crippen molar-refractivity contribution < 1.29 is 9.53 Å². The number of nitrogens with zero attached hydrogens (tertiary/aromatic N) is 1. The van der Waals surface area contributed by atoms with Crippen LogP contribution in [-0.2, 0) is 6.54 Å². The zero-order chi connectivity index (χ0) is 16.4. The number of aromatic nitrogens is 1. The fourth-order valence-corrected chi connectivity index (χ4v) is 3.85. The van der Waals surface area contributed by atoms with Gasteiger partial charge in [0.1, 0.15) is 11.6 Å². The van der Waals surface area contributed by atoms with Crippen molar-refractivity contribution in [2.45, 2.75) is 6.54 Å². The maximum atomic E-state index is 11.5. The third kappa shape index (κ3) is 3.30. The first-order valence-corrected chi connectivity index (χ1v) is 8.44. The number of anilines is 1. The SMILES string of the molecule is COc1ccc(CNc2ncc(C(N)=O)c3sc(Br)cc23)cc1. The van der Waals surface area contributed by atoms with E-state index < -0.39 is 5.91 Å². The van der Waals surface area contributed by atoms with Crippen LogP contribution in [0.2, 0.25) is 0 Å². The van der Waals surface area contributed by atoms with Crippen LogP contribution in [0.1, 0.15) is 15.9 Å². The molecule has 5 nitrogen and oxygen atoms in total. The number of amides is 1. The molecule has 118 valence electrons. The molecule has 0 atom stereocenters. The first-order valence-electron chi connectivity index (χ1n) is 6.83. The van der Waals surface area contributed by atoms with Crippen molar-refractivity contribution in [1.29, 1.82) is 0 Å². The van der Waals surface area contributed by atoms with Crippen LogP contribution in [-0.4, -0.2) is 18.0 Å². The van der Waals surface area contributed by atoms with E-state index in [2.05, 4.69) is 26.2 Å². The number of benzene rings is 1. The van der Waals surface area contributed by atoms with Crippen molar-refractivity contribution in [1.82, 2.24) is 4.98 Å². The van der Waals surface area contributed by atoms with Crippen LogP contribution in [0.3, 0.4) is 0 Å². The number of fused-ring (bicyclic) bond motifs is 1. The number of ether oxygens (including phenoxy) is 1. The molecule has 0 bridgehead atoms. The Labute approximate surface area is 145 Å². The highest BCUT2D eigenvalue weighted by Crippen LogP contribution is 2.35. The van der Waals surface area contributed by atoms with Crippen molar-refractivity contribution >= 4 is 49.1 Å². The van der Waals surface area contributed by atoms with Crippen LogP contribution in [0.25, 0.3) is 10.1 Å². The Hall–Kier alpha value is -2.12. The topological polar surface area (TPSA) is 77.2 Å². The quantitative estimate of drug-likeness (QED) is 0.693. The Morgan fingerprint density at radius 3 is 2.78 bits per heavy atom. The van der Waals surface area contributed by atoms with Gasteiger partial charge in [-0.05, 0) is 39.7 Å². The van der Waals surface area contributed by atoms with Gasteiger partial charge in [0.05, 0.1) is 21.2 Å². The average molecular weight is 392 g/mol. The summed E-state index contributed by atoms with van der Waals surface area (Å²) in [5, 5.41) is 4.18. The highest BCUT2D eigenvalue weighted by molar-refractivity contribution is 9.11. The first-order chi connectivity index (χ1) is 11.1. The number of rotatable bonds is 5. The van der Waals surface area contributed by atoms with Gasteiger partial charge in [-0.1, -0.05) is 12.1 Å². The number of primary amides is 1. The highest BCUT2D eigenvalue weighted by Gasteiger charge is 2.14. The van der Waals surface area contributed by atoms with Crippen LogP contribution < -0.4 is 15.8 Å². The minimum absolute atomic E-state index is 0.436. The normalized spacial score (nSPS) is 10.7. The molecule has 0 radical (unpaired) electrons. The lowest BCUT2D eigenvalue weighted by molar-refractivity contribution is 0.100. The number of methoxy groups -OCH3 is 1. The zero-order valence-corrected chi connectivity index (χ0v) is 14.7. The second kappa shape index (κ2) is 6.55.